The van der Waals surface area contributed by atoms with E-state index < -0.39 is 18.3 Å². The molecule has 4 atom stereocenters. The number of carbonyl (C=O) groups is 3. The quantitative estimate of drug-likeness (QED) is 0.0276. The number of ether oxygens (including phenoxy) is 4. The van der Waals surface area contributed by atoms with Crippen molar-refractivity contribution >= 4 is 17.9 Å². The van der Waals surface area contributed by atoms with Gasteiger partial charge in [-0.15, -0.1) is 0 Å². The van der Waals surface area contributed by atoms with E-state index in [1.807, 2.05) is 0 Å². The van der Waals surface area contributed by atoms with E-state index in [0.717, 1.165) is 109 Å². The summed E-state index contributed by atoms with van der Waals surface area (Å²) in [7, 11) is 2.06. The Morgan fingerprint density at radius 2 is 1.09 bits per heavy atom. The highest BCUT2D eigenvalue weighted by molar-refractivity contribution is 5.71. The van der Waals surface area contributed by atoms with E-state index in [9.17, 15) is 14.4 Å². The second-order valence-electron chi connectivity index (χ2n) is 16.1. The van der Waals surface area contributed by atoms with Crippen LogP contribution >= 0.6 is 0 Å². The normalized spacial score (nSPS) is 20.3. The Morgan fingerprint density at radius 3 is 1.59 bits per heavy atom. The minimum absolute atomic E-state index is 0.0258. The van der Waals surface area contributed by atoms with Crippen molar-refractivity contribution in [2.75, 3.05) is 33.4 Å². The Labute approximate surface area is 342 Å². The van der Waals surface area contributed by atoms with Crippen LogP contribution in [0.25, 0.3) is 0 Å². The molecule has 0 saturated carbocycles. The van der Waals surface area contributed by atoms with Crippen molar-refractivity contribution in [1.82, 2.24) is 4.90 Å². The summed E-state index contributed by atoms with van der Waals surface area (Å²) in [4.78, 5) is 40.7. The number of hydrogen-bond donors (Lipinski definition) is 0. The maximum Gasteiger partial charge on any atom is 0.306 e. The van der Waals surface area contributed by atoms with Crippen molar-refractivity contribution in [2.24, 2.45) is 5.92 Å². The Hall–Kier alpha value is -2.71. The van der Waals surface area contributed by atoms with Crippen molar-refractivity contribution in [1.29, 1.82) is 0 Å². The number of hydrogen-bond acceptors (Lipinski definition) is 8. The second kappa shape index (κ2) is 34.3. The summed E-state index contributed by atoms with van der Waals surface area (Å²) in [5.41, 5.74) is 0. The molecular formula is C48H81NO7. The van der Waals surface area contributed by atoms with Gasteiger partial charge in [0.25, 0.3) is 0 Å². The lowest BCUT2D eigenvalue weighted by molar-refractivity contribution is -0.168. The van der Waals surface area contributed by atoms with E-state index in [-0.39, 0.29) is 37.0 Å². The maximum absolute atomic E-state index is 13.0. The maximum atomic E-state index is 13.0. The van der Waals surface area contributed by atoms with Gasteiger partial charge in [0.1, 0.15) is 12.7 Å². The highest BCUT2D eigenvalue weighted by Crippen LogP contribution is 2.25. The number of carbonyl (C=O) groups excluding carboxylic acids is 3. The zero-order valence-corrected chi connectivity index (χ0v) is 35.9. The molecule has 2 saturated heterocycles. The first kappa shape index (κ1) is 49.4. The number of nitrogens with zero attached hydrogens (tertiary/aromatic N) is 1. The van der Waals surface area contributed by atoms with Crippen molar-refractivity contribution in [3.8, 4) is 0 Å². The molecule has 0 bridgehead atoms. The van der Waals surface area contributed by atoms with Crippen molar-refractivity contribution in [3.05, 3.63) is 48.6 Å². The molecule has 0 aromatic carbocycles. The fourth-order valence-electron chi connectivity index (χ4n) is 7.31. The monoisotopic (exact) mass is 784 g/mol. The SMILES string of the molecule is CCCCC/C=C\C/C=C\CCCCCCCC(=O)OC1CO[C@H](COC(=O)CC2CCN(C)C2)[C@@H]1OC(=O)CCCCCCC/C=C\C/C=C\CCCCC. The van der Waals surface area contributed by atoms with Gasteiger partial charge in [0.2, 0.25) is 0 Å². The molecule has 2 aliphatic heterocycles. The third-order valence-corrected chi connectivity index (χ3v) is 10.8. The first-order valence-electron chi connectivity index (χ1n) is 22.9. The molecule has 2 heterocycles. The standard InChI is InChI=1S/C48H81NO7/c1-4-6-8-10-12-14-16-18-20-22-24-26-28-30-32-34-45(50)55-44-41-53-43(40-54-47(52)38-42-36-37-49(3)39-42)48(44)56-46(51)35-33-31-29-27-25-23-21-19-17-15-13-11-9-7-5-2/h12-15,18-21,42-44,48H,4-11,16-17,22-41H2,1-3H3/b14-12-,15-13-,20-18-,21-19-/t42?,43-,44?,48+/m1/s1. The molecule has 0 aromatic heterocycles. The van der Waals surface area contributed by atoms with Gasteiger partial charge < -0.3 is 23.8 Å². The molecule has 8 heteroatoms. The average molecular weight is 784 g/mol. The Morgan fingerprint density at radius 1 is 0.607 bits per heavy atom. The van der Waals surface area contributed by atoms with Crippen LogP contribution < -0.4 is 0 Å². The Balaban J connectivity index is 1.67. The average Bonchev–Trinajstić information content (AvgIpc) is 3.77. The summed E-state index contributed by atoms with van der Waals surface area (Å²) in [6.07, 6.45) is 42.5. The molecule has 2 unspecified atom stereocenters. The molecule has 2 aliphatic rings. The smallest absolute Gasteiger partial charge is 0.306 e. The van der Waals surface area contributed by atoms with Crippen molar-refractivity contribution in [2.45, 2.75) is 199 Å². The molecular weight excluding hydrogens is 703 g/mol. The number of esters is 3. The zero-order chi connectivity index (χ0) is 40.3. The highest BCUT2D eigenvalue weighted by Gasteiger charge is 2.43. The summed E-state index contributed by atoms with van der Waals surface area (Å²) in [6.45, 7) is 6.43. The molecule has 0 radical (unpaired) electrons. The van der Waals surface area contributed by atoms with Gasteiger partial charge in [-0.1, -0.05) is 127 Å². The van der Waals surface area contributed by atoms with E-state index in [1.54, 1.807) is 0 Å². The molecule has 0 aromatic rings. The molecule has 2 fully saturated rings. The van der Waals surface area contributed by atoms with Crippen molar-refractivity contribution in [3.63, 3.8) is 0 Å². The van der Waals surface area contributed by atoms with E-state index >= 15 is 0 Å². The predicted molar refractivity (Wildman–Crippen MR) is 229 cm³/mol. The van der Waals surface area contributed by atoms with E-state index in [4.69, 9.17) is 18.9 Å². The predicted octanol–water partition coefficient (Wildman–Crippen LogP) is 11.7. The number of rotatable bonds is 34. The number of allylic oxidation sites excluding steroid dienone is 8. The van der Waals surface area contributed by atoms with Gasteiger partial charge in [-0.25, -0.2) is 0 Å². The molecule has 0 spiro atoms. The van der Waals surface area contributed by atoms with Gasteiger partial charge in [-0.2, -0.15) is 0 Å². The first-order valence-corrected chi connectivity index (χ1v) is 22.9. The molecule has 56 heavy (non-hydrogen) atoms. The fraction of sp³-hybridized carbons (Fsp3) is 0.771. The molecule has 2 rings (SSSR count). The molecule has 0 aliphatic carbocycles. The molecule has 320 valence electrons. The fourth-order valence-corrected chi connectivity index (χ4v) is 7.31. The van der Waals surface area contributed by atoms with E-state index in [1.165, 1.54) is 51.4 Å². The Kier molecular flexibility index (Phi) is 30.3. The lowest BCUT2D eigenvalue weighted by Gasteiger charge is -2.23. The van der Waals surface area contributed by atoms with Gasteiger partial charge in [0.15, 0.2) is 12.2 Å². The van der Waals surface area contributed by atoms with Crippen LogP contribution in [0, 0.1) is 5.92 Å². The van der Waals surface area contributed by atoms with Crippen LogP contribution in [0.3, 0.4) is 0 Å². The second-order valence-corrected chi connectivity index (χ2v) is 16.1. The minimum Gasteiger partial charge on any atom is -0.463 e. The summed E-state index contributed by atoms with van der Waals surface area (Å²) >= 11 is 0. The molecule has 0 N–H and O–H groups in total. The van der Waals surface area contributed by atoms with Gasteiger partial charge in [0.05, 0.1) is 6.61 Å². The largest absolute Gasteiger partial charge is 0.463 e. The van der Waals surface area contributed by atoms with Gasteiger partial charge in [0, 0.05) is 25.8 Å². The van der Waals surface area contributed by atoms with Crippen LogP contribution in [0.4, 0.5) is 0 Å². The van der Waals surface area contributed by atoms with E-state index in [2.05, 4.69) is 74.4 Å². The van der Waals surface area contributed by atoms with Crippen LogP contribution in [0.2, 0.25) is 0 Å². The van der Waals surface area contributed by atoms with Crippen molar-refractivity contribution < 1.29 is 33.3 Å². The topological polar surface area (TPSA) is 91.4 Å². The summed E-state index contributed by atoms with van der Waals surface area (Å²) in [5.74, 6) is -0.614. The van der Waals surface area contributed by atoms with E-state index in [0.29, 0.717) is 19.3 Å². The number of likely N-dealkylation sites (tertiary alicyclic amines) is 1. The van der Waals surface area contributed by atoms with Crippen LogP contribution in [0.5, 0.6) is 0 Å². The van der Waals surface area contributed by atoms with Gasteiger partial charge in [-0.3, -0.25) is 14.4 Å². The number of unbranched alkanes of at least 4 members (excludes halogenated alkanes) is 16. The first-order chi connectivity index (χ1) is 27.4. The zero-order valence-electron chi connectivity index (χ0n) is 35.9. The third kappa shape index (κ3) is 26.3. The molecule has 0 amide bonds. The lowest BCUT2D eigenvalue weighted by Crippen LogP contribution is -2.40. The summed E-state index contributed by atoms with van der Waals surface area (Å²) in [6, 6.07) is 0. The van der Waals surface area contributed by atoms with Crippen LogP contribution in [-0.2, 0) is 33.3 Å². The molecule has 8 nitrogen and oxygen atoms in total. The highest BCUT2D eigenvalue weighted by atomic mass is 16.6. The lowest BCUT2D eigenvalue weighted by atomic mass is 10.1. The third-order valence-electron chi connectivity index (χ3n) is 10.8. The van der Waals surface area contributed by atoms with Gasteiger partial charge in [-0.05, 0) is 103 Å². The van der Waals surface area contributed by atoms with Crippen LogP contribution in [0.15, 0.2) is 48.6 Å². The minimum atomic E-state index is -0.792. The summed E-state index contributed by atoms with van der Waals surface area (Å²) < 4.78 is 23.3. The van der Waals surface area contributed by atoms with Crippen LogP contribution in [-0.4, -0.2) is 74.5 Å². The summed E-state index contributed by atoms with van der Waals surface area (Å²) in [5, 5.41) is 0. The Bertz CT molecular complexity index is 1130. The van der Waals surface area contributed by atoms with Crippen LogP contribution in [0.1, 0.15) is 181 Å². The van der Waals surface area contributed by atoms with Gasteiger partial charge >= 0.3 is 17.9 Å².